The van der Waals surface area contributed by atoms with Gasteiger partial charge in [-0.3, -0.25) is 14.9 Å². The van der Waals surface area contributed by atoms with Gasteiger partial charge in [-0.05, 0) is 63.1 Å². The Hall–Kier alpha value is -2.69. The lowest BCUT2D eigenvalue weighted by atomic mass is 9.91. The Labute approximate surface area is 142 Å². The average Bonchev–Trinajstić information content (AvgIpc) is 2.53. The summed E-state index contributed by atoms with van der Waals surface area (Å²) >= 11 is 0. The van der Waals surface area contributed by atoms with E-state index in [9.17, 15) is 20.0 Å². The number of ketones is 1. The molecule has 0 saturated carbocycles. The molecule has 0 atom stereocenters. The Morgan fingerprint density at radius 1 is 1.29 bits per heavy atom. The topological polar surface area (TPSA) is 80.4 Å². The number of carbonyl (C=O) groups excluding carboxylic acids is 1. The highest BCUT2D eigenvalue weighted by atomic mass is 16.6. The fraction of sp³-hybridized carbons (Fsp3) is 0.316. The Bertz CT molecular complexity index is 697. The molecule has 0 heterocycles. The summed E-state index contributed by atoms with van der Waals surface area (Å²) in [7, 11) is 0. The molecule has 0 saturated heterocycles. The smallest absolute Gasteiger partial charge is 0.262 e. The van der Waals surface area contributed by atoms with E-state index in [0.717, 1.165) is 24.8 Å². The summed E-state index contributed by atoms with van der Waals surface area (Å²) in [4.78, 5) is 23.1. The summed E-state index contributed by atoms with van der Waals surface area (Å²) in [6.45, 7) is 9.01. The highest BCUT2D eigenvalue weighted by Crippen LogP contribution is 2.25. The van der Waals surface area contributed by atoms with Crippen molar-refractivity contribution >= 4 is 5.78 Å². The van der Waals surface area contributed by atoms with E-state index >= 15 is 0 Å². The summed E-state index contributed by atoms with van der Waals surface area (Å²) in [6.07, 6.45) is 3.99. The number of hydrogen-bond acceptors (Lipinski definition) is 4. The monoisotopic (exact) mass is 329 g/mol. The first-order chi connectivity index (χ1) is 11.3. The normalized spacial score (nSPS) is 12.5. The van der Waals surface area contributed by atoms with Crippen LogP contribution < -0.4 is 0 Å². The van der Waals surface area contributed by atoms with Crippen molar-refractivity contribution in [1.82, 2.24) is 0 Å². The van der Waals surface area contributed by atoms with Crippen molar-refractivity contribution in [2.24, 2.45) is 0 Å². The molecule has 0 aliphatic rings. The van der Waals surface area contributed by atoms with E-state index in [0.29, 0.717) is 16.7 Å². The number of Topliss-reactive ketones (excluding diaryl/α,β-unsaturated/α-hetero) is 1. The minimum absolute atomic E-state index is 0.0776. The SMILES string of the molecule is C=C(/C=C(C)/C(C(=O)c1ccc(O)cc1)=C(\C)CCCC)[N+](=O)[O-]. The molecule has 0 aliphatic carbocycles. The van der Waals surface area contributed by atoms with Crippen LogP contribution in [0.5, 0.6) is 5.75 Å². The number of carbonyl (C=O) groups is 1. The lowest BCUT2D eigenvalue weighted by Crippen LogP contribution is -2.08. The van der Waals surface area contributed by atoms with Crippen LogP contribution in [0, 0.1) is 10.1 Å². The molecule has 1 aromatic rings. The fourth-order valence-electron chi connectivity index (χ4n) is 2.41. The number of benzene rings is 1. The highest BCUT2D eigenvalue weighted by Gasteiger charge is 2.18. The molecule has 0 aromatic heterocycles. The molecule has 5 nitrogen and oxygen atoms in total. The summed E-state index contributed by atoms with van der Waals surface area (Å²) in [6, 6.07) is 5.98. The zero-order valence-electron chi connectivity index (χ0n) is 14.3. The molecule has 0 radical (unpaired) electrons. The van der Waals surface area contributed by atoms with Crippen LogP contribution in [0.1, 0.15) is 50.4 Å². The summed E-state index contributed by atoms with van der Waals surface area (Å²) in [5.74, 6) is -0.137. The molecule has 1 N–H and O–H groups in total. The van der Waals surface area contributed by atoms with Gasteiger partial charge in [0.25, 0.3) is 5.70 Å². The average molecular weight is 329 g/mol. The Morgan fingerprint density at radius 3 is 2.38 bits per heavy atom. The second-order valence-electron chi connectivity index (χ2n) is 5.71. The third kappa shape index (κ3) is 5.19. The molecule has 5 heteroatoms. The van der Waals surface area contributed by atoms with Crippen LogP contribution >= 0.6 is 0 Å². The van der Waals surface area contributed by atoms with Gasteiger partial charge in [0.1, 0.15) is 5.75 Å². The zero-order valence-corrected chi connectivity index (χ0v) is 14.3. The van der Waals surface area contributed by atoms with Crippen molar-refractivity contribution < 1.29 is 14.8 Å². The van der Waals surface area contributed by atoms with Crippen LogP contribution in [0.25, 0.3) is 0 Å². The lowest BCUT2D eigenvalue weighted by Gasteiger charge is -2.12. The predicted octanol–water partition coefficient (Wildman–Crippen LogP) is 4.82. The van der Waals surface area contributed by atoms with Gasteiger partial charge in [-0.1, -0.05) is 18.9 Å². The van der Waals surface area contributed by atoms with Crippen LogP contribution in [0.4, 0.5) is 0 Å². The highest BCUT2D eigenvalue weighted by molar-refractivity contribution is 6.12. The number of phenols is 1. The van der Waals surface area contributed by atoms with Crippen molar-refractivity contribution in [3.8, 4) is 5.75 Å². The van der Waals surface area contributed by atoms with Crippen molar-refractivity contribution in [1.29, 1.82) is 0 Å². The number of allylic oxidation sites excluding steroid dienone is 4. The molecule has 0 fully saturated rings. The first-order valence-corrected chi connectivity index (χ1v) is 7.83. The van der Waals surface area contributed by atoms with Crippen molar-refractivity contribution in [2.75, 3.05) is 0 Å². The number of rotatable bonds is 8. The van der Waals surface area contributed by atoms with Gasteiger partial charge in [0, 0.05) is 17.2 Å². The van der Waals surface area contributed by atoms with E-state index in [2.05, 4.69) is 13.5 Å². The first kappa shape index (κ1) is 19.4. The van der Waals surface area contributed by atoms with E-state index in [-0.39, 0.29) is 17.2 Å². The molecular weight excluding hydrogens is 306 g/mol. The number of unbranched alkanes of at least 4 members (excludes halogenated alkanes) is 1. The van der Waals surface area contributed by atoms with Gasteiger partial charge in [-0.2, -0.15) is 0 Å². The van der Waals surface area contributed by atoms with Gasteiger partial charge in [0.15, 0.2) is 5.78 Å². The molecule has 0 bridgehead atoms. The van der Waals surface area contributed by atoms with Crippen molar-refractivity contribution in [3.63, 3.8) is 0 Å². The molecule has 0 unspecified atom stereocenters. The zero-order chi connectivity index (χ0) is 18.3. The maximum Gasteiger partial charge on any atom is 0.262 e. The second kappa shape index (κ2) is 8.82. The molecule has 0 aliphatic heterocycles. The van der Waals surface area contributed by atoms with Gasteiger partial charge in [-0.15, -0.1) is 0 Å². The molecule has 0 amide bonds. The molecule has 128 valence electrons. The first-order valence-electron chi connectivity index (χ1n) is 7.83. The Kier molecular flexibility index (Phi) is 7.11. The fourth-order valence-corrected chi connectivity index (χ4v) is 2.41. The van der Waals surface area contributed by atoms with E-state index in [4.69, 9.17) is 0 Å². The van der Waals surface area contributed by atoms with Crippen LogP contribution in [-0.2, 0) is 0 Å². The van der Waals surface area contributed by atoms with Crippen LogP contribution in [0.3, 0.4) is 0 Å². The minimum Gasteiger partial charge on any atom is -0.508 e. The summed E-state index contributed by atoms with van der Waals surface area (Å²) in [5.41, 5.74) is 2.05. The summed E-state index contributed by atoms with van der Waals surface area (Å²) in [5, 5.41) is 20.2. The molecular formula is C19H23NO4. The largest absolute Gasteiger partial charge is 0.508 e. The third-order valence-corrected chi connectivity index (χ3v) is 3.70. The van der Waals surface area contributed by atoms with E-state index in [1.807, 2.05) is 6.92 Å². The van der Waals surface area contributed by atoms with E-state index < -0.39 is 4.92 Å². The summed E-state index contributed by atoms with van der Waals surface area (Å²) < 4.78 is 0. The Balaban J connectivity index is 3.33. The molecule has 1 aromatic carbocycles. The van der Waals surface area contributed by atoms with Gasteiger partial charge in [-0.25, -0.2) is 0 Å². The van der Waals surface area contributed by atoms with Crippen LogP contribution in [-0.4, -0.2) is 15.8 Å². The standard InChI is InChI=1S/C19H23NO4/c1-5-6-7-13(2)18(14(3)12-15(4)20(23)24)19(22)16-8-10-17(21)11-9-16/h8-12,21H,4-7H2,1-3H3/b14-12+,18-13-. The molecule has 0 spiro atoms. The van der Waals surface area contributed by atoms with Gasteiger partial charge >= 0.3 is 0 Å². The second-order valence-corrected chi connectivity index (χ2v) is 5.71. The van der Waals surface area contributed by atoms with Crippen molar-refractivity contribution in [3.05, 3.63) is 75.0 Å². The Morgan fingerprint density at radius 2 is 1.88 bits per heavy atom. The van der Waals surface area contributed by atoms with Gasteiger partial charge in [0.05, 0.1) is 4.92 Å². The predicted molar refractivity (Wildman–Crippen MR) is 94.6 cm³/mol. The number of phenolic OH excluding ortho intramolecular Hbond substituents is 1. The third-order valence-electron chi connectivity index (χ3n) is 3.70. The lowest BCUT2D eigenvalue weighted by molar-refractivity contribution is -0.418. The van der Waals surface area contributed by atoms with Crippen molar-refractivity contribution in [2.45, 2.75) is 40.0 Å². The maximum atomic E-state index is 12.9. The van der Waals surface area contributed by atoms with Crippen LogP contribution in [0.15, 0.2) is 59.3 Å². The molecule has 1 rings (SSSR count). The number of nitro groups is 1. The molecule has 24 heavy (non-hydrogen) atoms. The maximum absolute atomic E-state index is 12.9. The minimum atomic E-state index is -0.576. The van der Waals surface area contributed by atoms with Gasteiger partial charge in [0.2, 0.25) is 0 Å². The van der Waals surface area contributed by atoms with E-state index in [1.165, 1.54) is 18.2 Å². The van der Waals surface area contributed by atoms with E-state index in [1.54, 1.807) is 19.1 Å². The number of aromatic hydroxyl groups is 1. The number of nitrogens with zero attached hydrogens (tertiary/aromatic N) is 1. The quantitative estimate of drug-likeness (QED) is 0.244. The number of hydrogen-bond donors (Lipinski definition) is 1. The van der Waals surface area contributed by atoms with Crippen LogP contribution in [0.2, 0.25) is 0 Å². The van der Waals surface area contributed by atoms with Gasteiger partial charge < -0.3 is 5.11 Å².